The normalized spacial score (nSPS) is 11.4. The van der Waals surface area contributed by atoms with Crippen molar-refractivity contribution in [2.75, 3.05) is 0 Å². The minimum absolute atomic E-state index is 0.687. The fourth-order valence-electron chi connectivity index (χ4n) is 1.63. The molecular weight excluding hydrogens is 170 g/mol. The van der Waals surface area contributed by atoms with Gasteiger partial charge in [0.25, 0.3) is 0 Å². The number of aromatic amines is 1. The molecule has 14 heavy (non-hydrogen) atoms. The number of rotatable bonds is 4. The molecule has 0 aliphatic heterocycles. The number of nitrogens with one attached hydrogen (secondary N) is 1. The third-order valence-electron chi connectivity index (χ3n) is 2.20. The molecule has 0 radical (unpaired) electrons. The van der Waals surface area contributed by atoms with Gasteiger partial charge in [0.1, 0.15) is 0 Å². The van der Waals surface area contributed by atoms with E-state index in [9.17, 15) is 0 Å². The molecule has 0 atom stereocenters. The van der Waals surface area contributed by atoms with Gasteiger partial charge in [-0.25, -0.2) is 0 Å². The first kappa shape index (κ1) is 10.8. The van der Waals surface area contributed by atoms with Gasteiger partial charge in [0.2, 0.25) is 0 Å². The Balaban J connectivity index is 3.03. The smallest absolute Gasteiger partial charge is 0.0450 e. The van der Waals surface area contributed by atoms with Crippen molar-refractivity contribution in [3.63, 3.8) is 0 Å². The second-order valence-electron chi connectivity index (χ2n) is 3.94. The maximum Gasteiger partial charge on any atom is 0.0450 e. The lowest BCUT2D eigenvalue weighted by Crippen LogP contribution is -1.94. The molecule has 1 rings (SSSR count). The highest BCUT2D eigenvalue weighted by molar-refractivity contribution is 5.65. The topological polar surface area (TPSA) is 15.8 Å². The van der Waals surface area contributed by atoms with Crippen LogP contribution in [-0.2, 0) is 6.42 Å². The van der Waals surface area contributed by atoms with Crippen LogP contribution >= 0.6 is 0 Å². The lowest BCUT2D eigenvalue weighted by atomic mass is 10.0. The van der Waals surface area contributed by atoms with Crippen LogP contribution in [0.2, 0.25) is 0 Å². The van der Waals surface area contributed by atoms with Gasteiger partial charge < -0.3 is 4.98 Å². The van der Waals surface area contributed by atoms with Crippen LogP contribution in [0.5, 0.6) is 0 Å². The Kier molecular flexibility index (Phi) is 3.75. The number of H-pyrrole nitrogens is 1. The Labute approximate surface area is 86.5 Å². The Morgan fingerprint density at radius 2 is 2.21 bits per heavy atom. The summed E-state index contributed by atoms with van der Waals surface area (Å²) in [6.07, 6.45) is 9.29. The second-order valence-corrected chi connectivity index (χ2v) is 3.94. The lowest BCUT2D eigenvalue weighted by molar-refractivity contribution is 0.647. The zero-order valence-electron chi connectivity index (χ0n) is 9.30. The molecule has 1 heterocycles. The van der Waals surface area contributed by atoms with Crippen LogP contribution in [0.3, 0.4) is 0 Å². The van der Waals surface area contributed by atoms with E-state index < -0.39 is 0 Å². The molecule has 0 aliphatic carbocycles. The largest absolute Gasteiger partial charge is 0.361 e. The van der Waals surface area contributed by atoms with Crippen molar-refractivity contribution in [3.05, 3.63) is 35.7 Å². The third kappa shape index (κ3) is 2.38. The molecule has 0 saturated carbocycles. The van der Waals surface area contributed by atoms with E-state index in [0.29, 0.717) is 5.92 Å². The molecule has 0 saturated heterocycles. The van der Waals surface area contributed by atoms with Crippen LogP contribution < -0.4 is 0 Å². The summed E-state index contributed by atoms with van der Waals surface area (Å²) in [5.41, 5.74) is 3.79. The molecule has 1 nitrogen and oxygen atoms in total. The van der Waals surface area contributed by atoms with Crippen LogP contribution in [0.4, 0.5) is 0 Å². The predicted molar refractivity (Wildman–Crippen MR) is 64.1 cm³/mol. The molecule has 0 spiro atoms. The van der Waals surface area contributed by atoms with Crippen LogP contribution in [0.1, 0.15) is 37.6 Å². The molecule has 1 heteroatoms. The van der Waals surface area contributed by atoms with Crippen molar-refractivity contribution in [3.8, 4) is 0 Å². The van der Waals surface area contributed by atoms with Gasteiger partial charge in [0, 0.05) is 17.5 Å². The van der Waals surface area contributed by atoms with E-state index in [2.05, 4.69) is 43.8 Å². The Bertz CT molecular complexity index is 329. The van der Waals surface area contributed by atoms with Crippen molar-refractivity contribution >= 4 is 12.2 Å². The maximum atomic E-state index is 3.80. The molecule has 0 aromatic carbocycles. The van der Waals surface area contributed by atoms with Gasteiger partial charge in [-0.15, -0.1) is 0 Å². The van der Waals surface area contributed by atoms with Crippen LogP contribution in [0.25, 0.3) is 12.2 Å². The van der Waals surface area contributed by atoms with E-state index in [1.54, 1.807) is 0 Å². The van der Waals surface area contributed by atoms with Gasteiger partial charge in [-0.3, -0.25) is 0 Å². The number of aromatic nitrogens is 1. The van der Waals surface area contributed by atoms with Gasteiger partial charge >= 0.3 is 0 Å². The quantitative estimate of drug-likeness (QED) is 0.739. The zero-order valence-corrected chi connectivity index (χ0v) is 9.30. The first-order valence-corrected chi connectivity index (χ1v) is 5.14. The lowest BCUT2D eigenvalue weighted by Gasteiger charge is -2.04. The molecule has 1 N–H and O–H groups in total. The summed E-state index contributed by atoms with van der Waals surface area (Å²) in [5, 5.41) is 0. The minimum atomic E-state index is 0.687. The fourth-order valence-corrected chi connectivity index (χ4v) is 1.63. The molecular formula is C13H19N. The van der Waals surface area contributed by atoms with E-state index in [1.807, 2.05) is 13.0 Å². The van der Waals surface area contributed by atoms with Crippen molar-refractivity contribution in [2.24, 2.45) is 5.92 Å². The maximum absolute atomic E-state index is 3.80. The van der Waals surface area contributed by atoms with Gasteiger partial charge in [0.05, 0.1) is 0 Å². The Morgan fingerprint density at radius 1 is 1.50 bits per heavy atom. The van der Waals surface area contributed by atoms with E-state index in [1.165, 1.54) is 11.1 Å². The molecule has 0 bridgehead atoms. The summed E-state index contributed by atoms with van der Waals surface area (Å²) in [6.45, 7) is 10.3. The molecule has 76 valence electrons. The van der Waals surface area contributed by atoms with Crippen LogP contribution in [0, 0.1) is 5.92 Å². The first-order chi connectivity index (χ1) is 6.69. The summed E-state index contributed by atoms with van der Waals surface area (Å²) < 4.78 is 0. The van der Waals surface area contributed by atoms with E-state index in [-0.39, 0.29) is 0 Å². The molecule has 0 fully saturated rings. The highest BCUT2D eigenvalue weighted by Crippen LogP contribution is 2.20. The van der Waals surface area contributed by atoms with Crippen molar-refractivity contribution < 1.29 is 0 Å². The number of hydrogen-bond acceptors (Lipinski definition) is 0. The molecule has 0 aliphatic rings. The Morgan fingerprint density at radius 3 is 2.71 bits per heavy atom. The van der Waals surface area contributed by atoms with Gasteiger partial charge in [-0.05, 0) is 30.9 Å². The highest BCUT2D eigenvalue weighted by Gasteiger charge is 2.07. The Hall–Kier alpha value is -1.24. The second kappa shape index (κ2) is 4.85. The molecule has 0 unspecified atom stereocenters. The van der Waals surface area contributed by atoms with E-state index in [0.717, 1.165) is 12.1 Å². The minimum Gasteiger partial charge on any atom is -0.361 e. The average molecular weight is 189 g/mol. The average Bonchev–Trinajstić information content (AvgIpc) is 2.48. The van der Waals surface area contributed by atoms with Crippen molar-refractivity contribution in [2.45, 2.75) is 27.2 Å². The number of allylic oxidation sites excluding steroid dienone is 1. The van der Waals surface area contributed by atoms with Gasteiger partial charge in [0.15, 0.2) is 0 Å². The molecule has 0 amide bonds. The van der Waals surface area contributed by atoms with Gasteiger partial charge in [-0.1, -0.05) is 32.6 Å². The van der Waals surface area contributed by atoms with Crippen molar-refractivity contribution in [1.82, 2.24) is 4.98 Å². The fraction of sp³-hybridized carbons (Fsp3) is 0.385. The van der Waals surface area contributed by atoms with Gasteiger partial charge in [-0.2, -0.15) is 0 Å². The van der Waals surface area contributed by atoms with E-state index in [4.69, 9.17) is 0 Å². The summed E-state index contributed by atoms with van der Waals surface area (Å²) in [4.78, 5) is 3.24. The third-order valence-corrected chi connectivity index (χ3v) is 2.20. The van der Waals surface area contributed by atoms with Crippen LogP contribution in [-0.4, -0.2) is 4.98 Å². The summed E-state index contributed by atoms with van der Waals surface area (Å²) in [6, 6.07) is 0. The zero-order chi connectivity index (χ0) is 10.6. The van der Waals surface area contributed by atoms with Crippen LogP contribution in [0.15, 0.2) is 18.9 Å². The molecule has 1 aromatic heterocycles. The van der Waals surface area contributed by atoms with E-state index >= 15 is 0 Å². The predicted octanol–water partition coefficient (Wildman–Crippen LogP) is 3.89. The number of hydrogen-bond donors (Lipinski definition) is 1. The molecule has 1 aromatic rings. The summed E-state index contributed by atoms with van der Waals surface area (Å²) in [7, 11) is 0. The first-order valence-electron chi connectivity index (χ1n) is 5.14. The SMILES string of the molecule is C=Cc1[nH]cc(CC(C)C)c1/C=C\C. The van der Waals surface area contributed by atoms with Crippen molar-refractivity contribution in [1.29, 1.82) is 0 Å². The standard InChI is InChI=1S/C13H19N/c1-5-7-12-11(8-10(3)4)9-14-13(12)6-2/h5-7,9-10,14H,2,8H2,1,3-4H3/b7-5-. The summed E-state index contributed by atoms with van der Waals surface area (Å²) in [5.74, 6) is 0.687. The summed E-state index contributed by atoms with van der Waals surface area (Å²) >= 11 is 0. The monoisotopic (exact) mass is 189 g/mol. The highest BCUT2D eigenvalue weighted by atomic mass is 14.7.